The Labute approximate surface area is 159 Å². The number of fused-ring (bicyclic) bond motifs is 1. The van der Waals surface area contributed by atoms with Crippen LogP contribution in [-0.4, -0.2) is 17.1 Å². The van der Waals surface area contributed by atoms with E-state index >= 15 is 0 Å². The van der Waals surface area contributed by atoms with E-state index < -0.39 is 0 Å². The number of anilines is 1. The van der Waals surface area contributed by atoms with Crippen LogP contribution in [0.5, 0.6) is 0 Å². The molecule has 0 N–H and O–H groups in total. The number of thiazole rings is 1. The van der Waals surface area contributed by atoms with Gasteiger partial charge in [0.25, 0.3) is 5.91 Å². The lowest BCUT2D eigenvalue weighted by Gasteiger charge is -2.20. The molecule has 0 atom stereocenters. The van der Waals surface area contributed by atoms with E-state index in [1.165, 1.54) is 11.3 Å². The van der Waals surface area contributed by atoms with Crippen molar-refractivity contribution in [2.24, 2.45) is 0 Å². The molecule has 0 aliphatic rings. The fourth-order valence-corrected chi connectivity index (χ4v) is 4.28. The Hall–Kier alpha value is -2.57. The van der Waals surface area contributed by atoms with Crippen molar-refractivity contribution in [1.29, 1.82) is 0 Å². The quantitative estimate of drug-likeness (QED) is 0.431. The lowest BCUT2D eigenvalue weighted by atomic mass is 10.2. The van der Waals surface area contributed by atoms with Crippen LogP contribution in [0.3, 0.4) is 0 Å². The number of carbonyl (C=O) groups is 1. The van der Waals surface area contributed by atoms with E-state index in [1.807, 2.05) is 66.9 Å². The van der Waals surface area contributed by atoms with Gasteiger partial charge >= 0.3 is 0 Å². The van der Waals surface area contributed by atoms with Crippen molar-refractivity contribution >= 4 is 44.4 Å². The number of hydrogen-bond acceptors (Lipinski definition) is 5. The zero-order chi connectivity index (χ0) is 17.9. The average Bonchev–Trinajstić information content (AvgIpc) is 3.34. The molecule has 0 aliphatic carbocycles. The molecule has 26 heavy (non-hydrogen) atoms. The van der Waals surface area contributed by atoms with Gasteiger partial charge in [0.05, 0.1) is 28.6 Å². The largest absolute Gasteiger partial charge is 0.467 e. The summed E-state index contributed by atoms with van der Waals surface area (Å²) in [5, 5.41) is 0.670. The van der Waals surface area contributed by atoms with Crippen molar-refractivity contribution in [3.05, 3.63) is 78.3 Å². The molecule has 0 fully saturated rings. The third kappa shape index (κ3) is 3.25. The van der Waals surface area contributed by atoms with E-state index in [0.29, 0.717) is 17.2 Å². The predicted octanol–water partition coefficient (Wildman–Crippen LogP) is 5.46. The Morgan fingerprint density at radius 2 is 1.92 bits per heavy atom. The molecule has 6 heteroatoms. The molecule has 4 nitrogen and oxygen atoms in total. The van der Waals surface area contributed by atoms with Crippen molar-refractivity contribution in [3.63, 3.8) is 0 Å². The first-order valence-electron chi connectivity index (χ1n) is 8.09. The number of hydrogen-bond donors (Lipinski definition) is 0. The van der Waals surface area contributed by atoms with Gasteiger partial charge in [-0.2, -0.15) is 0 Å². The molecule has 0 bridgehead atoms. The molecule has 0 spiro atoms. The maximum Gasteiger partial charge on any atom is 0.261 e. The number of nitrogens with zero attached hydrogens (tertiary/aromatic N) is 2. The van der Waals surface area contributed by atoms with Crippen LogP contribution in [0.4, 0.5) is 5.13 Å². The van der Waals surface area contributed by atoms with Crippen molar-refractivity contribution in [2.45, 2.75) is 11.4 Å². The van der Waals surface area contributed by atoms with Gasteiger partial charge in [-0.15, -0.1) is 11.8 Å². The summed E-state index contributed by atoms with van der Waals surface area (Å²) in [5.41, 5.74) is 1.56. The molecule has 4 rings (SSSR count). The highest BCUT2D eigenvalue weighted by Gasteiger charge is 2.24. The lowest BCUT2D eigenvalue weighted by Crippen LogP contribution is -2.30. The molecular formula is C20H16N2O2S2. The highest BCUT2D eigenvalue weighted by atomic mass is 32.2. The van der Waals surface area contributed by atoms with E-state index in [4.69, 9.17) is 4.42 Å². The first-order valence-corrected chi connectivity index (χ1v) is 10.1. The van der Waals surface area contributed by atoms with Crippen molar-refractivity contribution in [3.8, 4) is 0 Å². The van der Waals surface area contributed by atoms with Gasteiger partial charge in [-0.25, -0.2) is 4.98 Å². The minimum atomic E-state index is -0.0783. The van der Waals surface area contributed by atoms with Gasteiger partial charge in [0, 0.05) is 4.90 Å². The van der Waals surface area contributed by atoms with Crippen LogP contribution >= 0.6 is 23.1 Å². The van der Waals surface area contributed by atoms with E-state index in [2.05, 4.69) is 4.98 Å². The van der Waals surface area contributed by atoms with Gasteiger partial charge in [-0.3, -0.25) is 9.69 Å². The normalized spacial score (nSPS) is 11.0. The molecule has 0 radical (unpaired) electrons. The third-order valence-corrected chi connectivity index (χ3v) is 5.85. The molecule has 2 aromatic carbocycles. The number of carbonyl (C=O) groups excluding carboxylic acids is 1. The summed E-state index contributed by atoms with van der Waals surface area (Å²) in [7, 11) is 0. The summed E-state index contributed by atoms with van der Waals surface area (Å²) in [4.78, 5) is 20.7. The van der Waals surface area contributed by atoms with Crippen molar-refractivity contribution in [2.75, 3.05) is 11.2 Å². The Morgan fingerprint density at radius 3 is 2.69 bits per heavy atom. The number of benzene rings is 2. The molecule has 0 saturated heterocycles. The second kappa shape index (κ2) is 7.35. The van der Waals surface area contributed by atoms with Gasteiger partial charge in [0.1, 0.15) is 5.76 Å². The minimum Gasteiger partial charge on any atom is -0.467 e. The maximum absolute atomic E-state index is 13.4. The summed E-state index contributed by atoms with van der Waals surface area (Å²) in [6.45, 7) is 0.342. The van der Waals surface area contributed by atoms with Crippen LogP contribution in [0.15, 0.2) is 76.2 Å². The number of thioether (sulfide) groups is 1. The van der Waals surface area contributed by atoms with Crippen LogP contribution < -0.4 is 4.90 Å². The molecule has 2 heterocycles. The molecule has 0 aliphatic heterocycles. The maximum atomic E-state index is 13.4. The summed E-state index contributed by atoms with van der Waals surface area (Å²) < 4.78 is 6.53. The van der Waals surface area contributed by atoms with Gasteiger partial charge in [-0.1, -0.05) is 35.6 Å². The van der Waals surface area contributed by atoms with Crippen LogP contribution in [0.1, 0.15) is 16.1 Å². The summed E-state index contributed by atoms with van der Waals surface area (Å²) in [6.07, 6.45) is 3.59. The Balaban J connectivity index is 1.78. The minimum absolute atomic E-state index is 0.0783. The number of para-hydroxylation sites is 1. The molecule has 130 valence electrons. The van der Waals surface area contributed by atoms with E-state index in [0.717, 1.165) is 20.9 Å². The molecular weight excluding hydrogens is 364 g/mol. The van der Waals surface area contributed by atoms with Gasteiger partial charge in [0.2, 0.25) is 0 Å². The number of furan rings is 1. The third-order valence-electron chi connectivity index (χ3n) is 3.99. The number of aromatic nitrogens is 1. The lowest BCUT2D eigenvalue weighted by molar-refractivity contribution is 0.0980. The SMILES string of the molecule is CSc1ccccc1C(=O)N(Cc1ccco1)c1nc2ccccc2s1. The van der Waals surface area contributed by atoms with Crippen LogP contribution in [0.25, 0.3) is 10.2 Å². The Kier molecular flexibility index (Phi) is 4.77. The van der Waals surface area contributed by atoms with E-state index in [-0.39, 0.29) is 5.91 Å². The van der Waals surface area contributed by atoms with Gasteiger partial charge in [-0.05, 0) is 42.7 Å². The fraction of sp³-hybridized carbons (Fsp3) is 0.100. The molecule has 0 saturated carbocycles. The van der Waals surface area contributed by atoms with Gasteiger partial charge in [0.15, 0.2) is 5.13 Å². The first-order chi connectivity index (χ1) is 12.8. The van der Waals surface area contributed by atoms with E-state index in [9.17, 15) is 4.79 Å². The molecule has 0 unspecified atom stereocenters. The average molecular weight is 380 g/mol. The summed E-state index contributed by atoms with van der Waals surface area (Å²) >= 11 is 3.07. The van der Waals surface area contributed by atoms with Crippen LogP contribution in [-0.2, 0) is 6.54 Å². The summed E-state index contributed by atoms with van der Waals surface area (Å²) in [6, 6.07) is 19.2. The van der Waals surface area contributed by atoms with Crippen LogP contribution in [0.2, 0.25) is 0 Å². The second-order valence-electron chi connectivity index (χ2n) is 5.64. The van der Waals surface area contributed by atoms with Crippen LogP contribution in [0, 0.1) is 0 Å². The summed E-state index contributed by atoms with van der Waals surface area (Å²) in [5.74, 6) is 0.643. The molecule has 4 aromatic rings. The Bertz CT molecular complexity index is 1010. The zero-order valence-corrected chi connectivity index (χ0v) is 15.7. The smallest absolute Gasteiger partial charge is 0.261 e. The predicted molar refractivity (Wildman–Crippen MR) is 107 cm³/mol. The fourth-order valence-electron chi connectivity index (χ4n) is 2.73. The standard InChI is InChI=1S/C20H16N2O2S2/c1-25-17-10-4-2-8-15(17)19(23)22(13-14-7-6-12-24-14)20-21-16-9-3-5-11-18(16)26-20/h2-12H,13H2,1H3. The topological polar surface area (TPSA) is 46.3 Å². The zero-order valence-electron chi connectivity index (χ0n) is 14.1. The van der Waals surface area contributed by atoms with Crippen molar-refractivity contribution in [1.82, 2.24) is 4.98 Å². The Morgan fingerprint density at radius 1 is 1.12 bits per heavy atom. The molecule has 2 aromatic heterocycles. The monoisotopic (exact) mass is 380 g/mol. The number of amides is 1. The highest BCUT2D eigenvalue weighted by molar-refractivity contribution is 7.98. The number of rotatable bonds is 5. The van der Waals surface area contributed by atoms with Gasteiger partial charge < -0.3 is 4.42 Å². The van der Waals surface area contributed by atoms with E-state index in [1.54, 1.807) is 22.9 Å². The van der Waals surface area contributed by atoms with Crippen molar-refractivity contribution < 1.29 is 9.21 Å². The second-order valence-corrected chi connectivity index (χ2v) is 7.49. The highest BCUT2D eigenvalue weighted by Crippen LogP contribution is 2.32. The molecule has 1 amide bonds. The first kappa shape index (κ1) is 16.9.